The van der Waals surface area contributed by atoms with Crippen LogP contribution in [0.25, 0.3) is 0 Å². The number of rotatable bonds is 4. The van der Waals surface area contributed by atoms with Crippen molar-refractivity contribution < 1.29 is 18.0 Å². The summed E-state index contributed by atoms with van der Waals surface area (Å²) in [4.78, 5) is 12.2. The van der Waals surface area contributed by atoms with Crippen molar-refractivity contribution in [2.45, 2.75) is 25.4 Å². The number of carbonyl (C=O) groups is 1. The minimum atomic E-state index is -4.39. The van der Waals surface area contributed by atoms with Crippen LogP contribution in [-0.2, 0) is 11.0 Å². The zero-order valence-electron chi connectivity index (χ0n) is 13.7. The molecule has 0 heterocycles. The maximum Gasteiger partial charge on any atom is 0.416 e. The topological polar surface area (TPSA) is 29.1 Å². The fourth-order valence-corrected chi connectivity index (χ4v) is 2.43. The summed E-state index contributed by atoms with van der Waals surface area (Å²) in [6.45, 7) is 2.00. The lowest BCUT2D eigenvalue weighted by Crippen LogP contribution is -2.29. The van der Waals surface area contributed by atoms with E-state index in [9.17, 15) is 18.0 Å². The van der Waals surface area contributed by atoms with Gasteiger partial charge in [0.2, 0.25) is 5.91 Å². The van der Waals surface area contributed by atoms with E-state index in [2.05, 4.69) is 17.2 Å². The molecular weight excluding hydrogens is 327 g/mol. The summed E-state index contributed by atoms with van der Waals surface area (Å²) in [5.41, 5.74) is 0.450. The predicted molar refractivity (Wildman–Crippen MR) is 90.8 cm³/mol. The predicted octanol–water partition coefficient (Wildman–Crippen LogP) is 4.37. The second kappa shape index (κ2) is 8.39. The molecule has 25 heavy (non-hydrogen) atoms. The number of halogens is 3. The highest BCUT2D eigenvalue weighted by Crippen LogP contribution is 2.29. The highest BCUT2D eigenvalue weighted by Gasteiger charge is 2.30. The molecule has 0 saturated carbocycles. The lowest BCUT2D eigenvalue weighted by atomic mass is 9.96. The van der Waals surface area contributed by atoms with Gasteiger partial charge in [0.25, 0.3) is 0 Å². The van der Waals surface area contributed by atoms with Gasteiger partial charge >= 0.3 is 6.18 Å². The SMILES string of the molecule is CC[C@H](C(=O)NCC#Cc1cccc(C(F)(F)F)c1)c1ccccc1. The normalized spacial score (nSPS) is 12.0. The van der Waals surface area contributed by atoms with Gasteiger partial charge in [0.1, 0.15) is 0 Å². The van der Waals surface area contributed by atoms with Crippen LogP contribution in [0, 0.1) is 11.8 Å². The van der Waals surface area contributed by atoms with E-state index in [4.69, 9.17) is 0 Å². The average Bonchev–Trinajstić information content (AvgIpc) is 2.60. The van der Waals surface area contributed by atoms with E-state index >= 15 is 0 Å². The fraction of sp³-hybridized carbons (Fsp3) is 0.250. The molecule has 0 aliphatic heterocycles. The first-order chi connectivity index (χ1) is 11.9. The Morgan fingerprint density at radius 2 is 1.84 bits per heavy atom. The smallest absolute Gasteiger partial charge is 0.345 e. The third-order valence-corrected chi connectivity index (χ3v) is 3.70. The van der Waals surface area contributed by atoms with Gasteiger partial charge < -0.3 is 5.32 Å². The van der Waals surface area contributed by atoms with Gasteiger partial charge in [-0.15, -0.1) is 0 Å². The monoisotopic (exact) mass is 345 g/mol. The minimum absolute atomic E-state index is 0.0818. The van der Waals surface area contributed by atoms with Crippen LogP contribution in [0.4, 0.5) is 13.2 Å². The van der Waals surface area contributed by atoms with Crippen LogP contribution < -0.4 is 5.32 Å². The van der Waals surface area contributed by atoms with Gasteiger partial charge in [-0.2, -0.15) is 13.2 Å². The summed E-state index contributed by atoms with van der Waals surface area (Å²) in [5, 5.41) is 2.71. The molecule has 0 unspecified atom stereocenters. The van der Waals surface area contributed by atoms with Crippen LogP contribution in [0.3, 0.4) is 0 Å². The molecule has 0 fully saturated rings. The number of nitrogens with one attached hydrogen (secondary N) is 1. The molecule has 1 amide bonds. The number of hydrogen-bond donors (Lipinski definition) is 1. The van der Waals surface area contributed by atoms with Crippen molar-refractivity contribution in [3.63, 3.8) is 0 Å². The van der Waals surface area contributed by atoms with Crippen LogP contribution in [-0.4, -0.2) is 12.5 Å². The van der Waals surface area contributed by atoms with Crippen LogP contribution in [0.1, 0.15) is 36.0 Å². The highest BCUT2D eigenvalue weighted by atomic mass is 19.4. The summed E-state index contributed by atoms with van der Waals surface area (Å²) >= 11 is 0. The molecule has 1 N–H and O–H groups in total. The number of carbonyl (C=O) groups excluding carboxylic acids is 1. The summed E-state index contributed by atoms with van der Waals surface area (Å²) < 4.78 is 37.9. The van der Waals surface area contributed by atoms with Crippen LogP contribution in [0.2, 0.25) is 0 Å². The molecule has 5 heteroatoms. The summed E-state index contributed by atoms with van der Waals surface area (Å²) in [6, 6.07) is 14.2. The molecule has 2 aromatic carbocycles. The van der Waals surface area contributed by atoms with E-state index in [-0.39, 0.29) is 23.9 Å². The molecule has 0 saturated heterocycles. The molecule has 130 valence electrons. The van der Waals surface area contributed by atoms with E-state index in [0.29, 0.717) is 6.42 Å². The molecule has 0 aliphatic carbocycles. The second-order valence-electron chi connectivity index (χ2n) is 5.47. The van der Waals surface area contributed by atoms with Crippen molar-refractivity contribution in [3.8, 4) is 11.8 Å². The standard InChI is InChI=1S/C20H18F3NO/c1-2-18(16-10-4-3-5-11-16)19(25)24-13-7-9-15-8-6-12-17(14-15)20(21,22)23/h3-6,8,10-12,14,18H,2,13H2,1H3,(H,24,25)/t18-/m0/s1. The van der Waals surface area contributed by atoms with E-state index in [1.807, 2.05) is 37.3 Å². The van der Waals surface area contributed by atoms with Gasteiger partial charge in [0.15, 0.2) is 0 Å². The lowest BCUT2D eigenvalue weighted by molar-refractivity contribution is -0.137. The van der Waals surface area contributed by atoms with Gasteiger partial charge in [0.05, 0.1) is 18.0 Å². The Morgan fingerprint density at radius 1 is 1.12 bits per heavy atom. The average molecular weight is 345 g/mol. The lowest BCUT2D eigenvalue weighted by Gasteiger charge is -2.14. The molecule has 2 aromatic rings. The maximum absolute atomic E-state index is 12.6. The van der Waals surface area contributed by atoms with Crippen LogP contribution in [0.5, 0.6) is 0 Å². The fourth-order valence-electron chi connectivity index (χ4n) is 2.43. The third-order valence-electron chi connectivity index (χ3n) is 3.70. The molecule has 0 aliphatic rings. The summed E-state index contributed by atoms with van der Waals surface area (Å²) in [5.74, 6) is 4.92. The Hall–Kier alpha value is -2.74. The van der Waals surface area contributed by atoms with E-state index in [0.717, 1.165) is 17.7 Å². The number of hydrogen-bond acceptors (Lipinski definition) is 1. The number of amides is 1. The van der Waals surface area contributed by atoms with E-state index in [1.165, 1.54) is 12.1 Å². The van der Waals surface area contributed by atoms with Crippen LogP contribution in [0.15, 0.2) is 54.6 Å². The number of benzene rings is 2. The second-order valence-corrected chi connectivity index (χ2v) is 5.47. The number of alkyl halides is 3. The Labute approximate surface area is 145 Å². The van der Waals surface area contributed by atoms with Crippen molar-refractivity contribution in [1.82, 2.24) is 5.32 Å². The van der Waals surface area contributed by atoms with Gasteiger partial charge in [-0.1, -0.05) is 55.2 Å². The summed E-state index contributed by atoms with van der Waals surface area (Å²) in [6.07, 6.45) is -3.74. The maximum atomic E-state index is 12.6. The Balaban J connectivity index is 1.97. The van der Waals surface area contributed by atoms with Gasteiger partial charge in [-0.05, 0) is 30.2 Å². The Bertz CT molecular complexity index is 773. The molecule has 0 spiro atoms. The molecular formula is C20H18F3NO. The van der Waals surface area contributed by atoms with E-state index in [1.54, 1.807) is 0 Å². The largest absolute Gasteiger partial charge is 0.416 e. The first kappa shape index (κ1) is 18.6. The third kappa shape index (κ3) is 5.39. The van der Waals surface area contributed by atoms with Gasteiger partial charge in [-0.3, -0.25) is 4.79 Å². The molecule has 0 radical (unpaired) electrons. The first-order valence-corrected chi connectivity index (χ1v) is 7.90. The molecule has 2 nitrogen and oxygen atoms in total. The molecule has 2 rings (SSSR count). The van der Waals surface area contributed by atoms with Crippen molar-refractivity contribution in [1.29, 1.82) is 0 Å². The molecule has 1 atom stereocenters. The van der Waals surface area contributed by atoms with Crippen molar-refractivity contribution in [3.05, 3.63) is 71.3 Å². The van der Waals surface area contributed by atoms with Crippen LogP contribution >= 0.6 is 0 Å². The zero-order chi connectivity index (χ0) is 18.3. The first-order valence-electron chi connectivity index (χ1n) is 7.90. The molecule has 0 bridgehead atoms. The highest BCUT2D eigenvalue weighted by molar-refractivity contribution is 5.83. The zero-order valence-corrected chi connectivity index (χ0v) is 13.7. The van der Waals surface area contributed by atoms with Gasteiger partial charge in [0, 0.05) is 5.56 Å². The quantitative estimate of drug-likeness (QED) is 0.820. The van der Waals surface area contributed by atoms with Crippen molar-refractivity contribution in [2.24, 2.45) is 0 Å². The van der Waals surface area contributed by atoms with Crippen molar-refractivity contribution in [2.75, 3.05) is 6.54 Å². The summed E-state index contributed by atoms with van der Waals surface area (Å²) in [7, 11) is 0. The Kier molecular flexibility index (Phi) is 6.24. The molecule has 0 aromatic heterocycles. The minimum Gasteiger partial charge on any atom is -0.345 e. The Morgan fingerprint density at radius 3 is 2.48 bits per heavy atom. The van der Waals surface area contributed by atoms with E-state index < -0.39 is 11.7 Å². The van der Waals surface area contributed by atoms with Gasteiger partial charge in [-0.25, -0.2) is 0 Å². The van der Waals surface area contributed by atoms with Crippen molar-refractivity contribution >= 4 is 5.91 Å².